The van der Waals surface area contributed by atoms with Gasteiger partial charge in [0.15, 0.2) is 17.2 Å². The summed E-state index contributed by atoms with van der Waals surface area (Å²) in [5, 5.41) is 11.1. The molecule has 0 radical (unpaired) electrons. The van der Waals surface area contributed by atoms with Gasteiger partial charge in [0, 0.05) is 21.9 Å². The van der Waals surface area contributed by atoms with E-state index >= 15 is 0 Å². The number of hydrogen-bond donors (Lipinski definition) is 1. The number of hydrogen-bond acceptors (Lipinski definition) is 6. The van der Waals surface area contributed by atoms with E-state index in [1.54, 1.807) is 25.1 Å². The predicted octanol–water partition coefficient (Wildman–Crippen LogP) is 4.89. The van der Waals surface area contributed by atoms with Gasteiger partial charge in [-0.05, 0) is 43.3 Å². The van der Waals surface area contributed by atoms with Gasteiger partial charge in [-0.15, -0.1) is 5.10 Å². The Morgan fingerprint density at radius 2 is 1.73 bits per heavy atom. The maximum Gasteiger partial charge on any atom is 0.278 e. The van der Waals surface area contributed by atoms with Crippen molar-refractivity contribution in [1.29, 1.82) is 0 Å². The molecular weight excluding hydrogens is 443 g/mol. The summed E-state index contributed by atoms with van der Waals surface area (Å²) in [6.45, 7) is 2.65. The smallest absolute Gasteiger partial charge is 0.278 e. The highest BCUT2D eigenvalue weighted by Gasteiger charge is 2.22. The Hall–Kier alpha value is -3.85. The second kappa shape index (κ2) is 8.95. The van der Waals surface area contributed by atoms with Crippen molar-refractivity contribution in [2.24, 2.45) is 0 Å². The van der Waals surface area contributed by atoms with Crippen LogP contribution in [0.2, 0.25) is 0 Å². The molecule has 1 aliphatic heterocycles. The van der Waals surface area contributed by atoms with Gasteiger partial charge in [0.2, 0.25) is 0 Å². The molecule has 3 aromatic carbocycles. The molecule has 1 aromatic heterocycles. The van der Waals surface area contributed by atoms with Gasteiger partial charge in [0.05, 0.1) is 17.1 Å². The van der Waals surface area contributed by atoms with E-state index in [-0.39, 0.29) is 11.5 Å². The fourth-order valence-electron chi connectivity index (χ4n) is 3.42. The third-order valence-corrected chi connectivity index (χ3v) is 6.11. The second-order valence-electron chi connectivity index (χ2n) is 7.27. The molecule has 2 heterocycles. The Labute approximate surface area is 193 Å². The molecule has 0 aliphatic carbocycles. The molecule has 0 saturated carbocycles. The molecule has 5 rings (SSSR count). The minimum atomic E-state index is -0.410. The molecule has 7 nitrogen and oxygen atoms in total. The van der Waals surface area contributed by atoms with Gasteiger partial charge in [-0.3, -0.25) is 4.79 Å². The Balaban J connectivity index is 1.46. The molecule has 4 aromatic rings. The van der Waals surface area contributed by atoms with Crippen molar-refractivity contribution in [2.45, 2.75) is 16.7 Å². The van der Waals surface area contributed by atoms with Crippen LogP contribution in [0.25, 0.3) is 5.69 Å². The standard InChI is InChI=1S/C24H19FN4O3S/c1-15-23(27-28-29(15)17-9-7-16(25)8-10-17)24(30)26-19-13-20-21(32-12-11-31-20)14-22(19)33-18-5-3-2-4-6-18/h2-10,13-14H,11-12H2,1H3,(H,26,30). The topological polar surface area (TPSA) is 78.3 Å². The van der Waals surface area contributed by atoms with Crippen LogP contribution < -0.4 is 14.8 Å². The average Bonchev–Trinajstić information content (AvgIpc) is 3.22. The molecule has 0 spiro atoms. The zero-order chi connectivity index (χ0) is 22.8. The van der Waals surface area contributed by atoms with E-state index < -0.39 is 5.91 Å². The molecule has 0 atom stereocenters. The zero-order valence-corrected chi connectivity index (χ0v) is 18.4. The maximum atomic E-state index is 13.3. The van der Waals surface area contributed by atoms with Crippen LogP contribution in [0.1, 0.15) is 16.2 Å². The number of fused-ring (bicyclic) bond motifs is 1. The van der Waals surface area contributed by atoms with Crippen molar-refractivity contribution in [3.63, 3.8) is 0 Å². The number of ether oxygens (including phenoxy) is 2. The van der Waals surface area contributed by atoms with Gasteiger partial charge in [-0.2, -0.15) is 0 Å². The highest BCUT2D eigenvalue weighted by Crippen LogP contribution is 2.42. The lowest BCUT2D eigenvalue weighted by Crippen LogP contribution is -2.18. The summed E-state index contributed by atoms with van der Waals surface area (Å²) in [5.74, 6) is 0.445. The number of anilines is 1. The Bertz CT molecular complexity index is 1310. The van der Waals surface area contributed by atoms with E-state index in [0.717, 1.165) is 9.79 Å². The molecule has 0 saturated heterocycles. The van der Waals surface area contributed by atoms with Crippen molar-refractivity contribution in [3.05, 3.63) is 83.9 Å². The molecule has 0 bridgehead atoms. The molecule has 1 N–H and O–H groups in total. The van der Waals surface area contributed by atoms with Crippen molar-refractivity contribution < 1.29 is 18.7 Å². The lowest BCUT2D eigenvalue weighted by Gasteiger charge is -2.21. The number of halogens is 1. The summed E-state index contributed by atoms with van der Waals surface area (Å²) < 4.78 is 26.2. The SMILES string of the molecule is Cc1c(C(=O)Nc2cc3c(cc2Sc2ccccc2)OCCO3)nnn1-c1ccc(F)cc1. The summed E-state index contributed by atoms with van der Waals surface area (Å²) in [6.07, 6.45) is 0. The van der Waals surface area contributed by atoms with Crippen LogP contribution in [0.5, 0.6) is 11.5 Å². The summed E-state index contributed by atoms with van der Waals surface area (Å²) in [6, 6.07) is 19.3. The van der Waals surface area contributed by atoms with Crippen LogP contribution in [0.4, 0.5) is 10.1 Å². The number of nitrogens with zero attached hydrogens (tertiary/aromatic N) is 3. The summed E-state index contributed by atoms with van der Waals surface area (Å²) in [7, 11) is 0. The number of aromatic nitrogens is 3. The quantitative estimate of drug-likeness (QED) is 0.455. The predicted molar refractivity (Wildman–Crippen MR) is 122 cm³/mol. The van der Waals surface area contributed by atoms with Crippen LogP contribution in [0.15, 0.2) is 76.5 Å². The first kappa shape index (κ1) is 21.0. The van der Waals surface area contributed by atoms with E-state index in [4.69, 9.17) is 9.47 Å². The van der Waals surface area contributed by atoms with Crippen LogP contribution >= 0.6 is 11.8 Å². The number of benzene rings is 3. The van der Waals surface area contributed by atoms with Gasteiger partial charge in [-0.1, -0.05) is 35.2 Å². The number of amides is 1. The van der Waals surface area contributed by atoms with Gasteiger partial charge < -0.3 is 14.8 Å². The van der Waals surface area contributed by atoms with E-state index in [9.17, 15) is 9.18 Å². The van der Waals surface area contributed by atoms with Crippen LogP contribution in [0.3, 0.4) is 0 Å². The summed E-state index contributed by atoms with van der Waals surface area (Å²) >= 11 is 1.50. The van der Waals surface area contributed by atoms with Gasteiger partial charge >= 0.3 is 0 Å². The zero-order valence-electron chi connectivity index (χ0n) is 17.6. The molecule has 166 valence electrons. The number of carbonyl (C=O) groups is 1. The minimum absolute atomic E-state index is 0.171. The van der Waals surface area contributed by atoms with Gasteiger partial charge in [0.1, 0.15) is 19.0 Å². The highest BCUT2D eigenvalue weighted by molar-refractivity contribution is 7.99. The fraction of sp³-hybridized carbons (Fsp3) is 0.125. The lowest BCUT2D eigenvalue weighted by atomic mass is 10.2. The molecule has 1 aliphatic rings. The first-order chi connectivity index (χ1) is 16.1. The van der Waals surface area contributed by atoms with E-state index in [1.165, 1.54) is 28.6 Å². The van der Waals surface area contributed by atoms with Gasteiger partial charge in [-0.25, -0.2) is 9.07 Å². The molecular formula is C24H19FN4O3S. The summed E-state index contributed by atoms with van der Waals surface area (Å²) in [5.41, 5.74) is 1.90. The maximum absolute atomic E-state index is 13.3. The monoisotopic (exact) mass is 462 g/mol. The lowest BCUT2D eigenvalue weighted by molar-refractivity contribution is 0.102. The first-order valence-electron chi connectivity index (χ1n) is 10.2. The number of rotatable bonds is 5. The molecule has 0 unspecified atom stereocenters. The second-order valence-corrected chi connectivity index (χ2v) is 8.39. The minimum Gasteiger partial charge on any atom is -0.486 e. The number of nitrogens with one attached hydrogen (secondary N) is 1. The van der Waals surface area contributed by atoms with Gasteiger partial charge in [0.25, 0.3) is 5.91 Å². The number of carbonyl (C=O) groups excluding carboxylic acids is 1. The van der Waals surface area contributed by atoms with E-state index in [1.807, 2.05) is 36.4 Å². The van der Waals surface area contributed by atoms with E-state index in [0.29, 0.717) is 41.8 Å². The molecule has 0 fully saturated rings. The third kappa shape index (κ3) is 4.40. The van der Waals surface area contributed by atoms with Crippen molar-refractivity contribution >= 4 is 23.4 Å². The normalized spacial score (nSPS) is 12.4. The Morgan fingerprint density at radius 3 is 2.45 bits per heavy atom. The van der Waals surface area contributed by atoms with Crippen LogP contribution in [-0.2, 0) is 0 Å². The van der Waals surface area contributed by atoms with Crippen molar-refractivity contribution in [2.75, 3.05) is 18.5 Å². The Kier molecular flexibility index (Phi) is 5.70. The van der Waals surface area contributed by atoms with Crippen molar-refractivity contribution in [1.82, 2.24) is 15.0 Å². The van der Waals surface area contributed by atoms with E-state index in [2.05, 4.69) is 15.6 Å². The molecule has 9 heteroatoms. The Morgan fingerprint density at radius 1 is 1.03 bits per heavy atom. The molecule has 33 heavy (non-hydrogen) atoms. The fourth-order valence-corrected chi connectivity index (χ4v) is 4.35. The van der Waals surface area contributed by atoms with Crippen LogP contribution in [-0.4, -0.2) is 34.1 Å². The summed E-state index contributed by atoms with van der Waals surface area (Å²) in [4.78, 5) is 15.0. The van der Waals surface area contributed by atoms with Crippen LogP contribution in [0, 0.1) is 12.7 Å². The first-order valence-corrected chi connectivity index (χ1v) is 11.1. The highest BCUT2D eigenvalue weighted by atomic mass is 32.2. The van der Waals surface area contributed by atoms with Crippen molar-refractivity contribution in [3.8, 4) is 17.2 Å². The third-order valence-electron chi connectivity index (χ3n) is 5.04. The molecule has 1 amide bonds. The average molecular weight is 463 g/mol. The largest absolute Gasteiger partial charge is 0.486 e.